The summed E-state index contributed by atoms with van der Waals surface area (Å²) in [5.74, 6) is 0.604. The molecule has 1 aliphatic heterocycles. The lowest BCUT2D eigenvalue weighted by Gasteiger charge is -2.14. The summed E-state index contributed by atoms with van der Waals surface area (Å²) in [5.41, 5.74) is 1.10. The van der Waals surface area contributed by atoms with Crippen molar-refractivity contribution in [2.24, 2.45) is 0 Å². The molecule has 0 amide bonds. The van der Waals surface area contributed by atoms with Crippen LogP contribution in [-0.2, 0) is 16.1 Å². The van der Waals surface area contributed by atoms with Gasteiger partial charge in [-0.1, -0.05) is 30.0 Å². The van der Waals surface area contributed by atoms with Crippen LogP contribution in [0.5, 0.6) is 0 Å². The van der Waals surface area contributed by atoms with Gasteiger partial charge in [0, 0.05) is 18.8 Å². The summed E-state index contributed by atoms with van der Waals surface area (Å²) < 4.78 is 7.08. The van der Waals surface area contributed by atoms with E-state index in [1.54, 1.807) is 0 Å². The molecular weight excluding hydrogens is 300 g/mol. The third-order valence-corrected chi connectivity index (χ3v) is 4.51. The van der Waals surface area contributed by atoms with Crippen LogP contribution in [0.15, 0.2) is 35.5 Å². The molecule has 0 aliphatic carbocycles. The summed E-state index contributed by atoms with van der Waals surface area (Å²) in [6, 6.07) is 10.1. The van der Waals surface area contributed by atoms with Crippen molar-refractivity contribution in [2.45, 2.75) is 30.8 Å². The monoisotopic (exact) mass is 318 g/mol. The van der Waals surface area contributed by atoms with E-state index in [1.807, 2.05) is 36.6 Å². The van der Waals surface area contributed by atoms with Crippen LogP contribution in [0.25, 0.3) is 0 Å². The highest BCUT2D eigenvalue weighted by Gasteiger charge is 2.28. The SMILES string of the molecule is CCOC(=O)C(C)Sc1nnc2n1CCN2c1ccccc1. The van der Waals surface area contributed by atoms with Crippen molar-refractivity contribution in [3.63, 3.8) is 0 Å². The Morgan fingerprint density at radius 2 is 2.09 bits per heavy atom. The summed E-state index contributed by atoms with van der Waals surface area (Å²) in [5, 5.41) is 8.97. The van der Waals surface area contributed by atoms with Gasteiger partial charge < -0.3 is 9.64 Å². The summed E-state index contributed by atoms with van der Waals surface area (Å²) in [4.78, 5) is 13.9. The molecule has 2 aromatic rings. The summed E-state index contributed by atoms with van der Waals surface area (Å²) in [7, 11) is 0. The van der Waals surface area contributed by atoms with Crippen molar-refractivity contribution in [1.29, 1.82) is 0 Å². The zero-order valence-corrected chi connectivity index (χ0v) is 13.4. The number of carbonyl (C=O) groups excluding carboxylic acids is 1. The first-order chi connectivity index (χ1) is 10.7. The molecule has 6 nitrogen and oxygen atoms in total. The van der Waals surface area contributed by atoms with Gasteiger partial charge in [-0.25, -0.2) is 0 Å². The first-order valence-corrected chi connectivity index (χ1v) is 8.17. The van der Waals surface area contributed by atoms with Crippen LogP contribution in [0, 0.1) is 0 Å². The Hall–Kier alpha value is -2.02. The van der Waals surface area contributed by atoms with Gasteiger partial charge in [-0.2, -0.15) is 0 Å². The van der Waals surface area contributed by atoms with Gasteiger partial charge >= 0.3 is 5.97 Å². The molecule has 1 aromatic heterocycles. The molecule has 0 saturated heterocycles. The maximum absolute atomic E-state index is 11.7. The fourth-order valence-corrected chi connectivity index (χ4v) is 3.25. The number of hydrogen-bond acceptors (Lipinski definition) is 6. The molecule has 0 N–H and O–H groups in total. The van der Waals surface area contributed by atoms with Gasteiger partial charge in [0.15, 0.2) is 5.16 Å². The number of hydrogen-bond donors (Lipinski definition) is 0. The Bertz CT molecular complexity index is 659. The average molecular weight is 318 g/mol. The van der Waals surface area contributed by atoms with Crippen molar-refractivity contribution in [2.75, 3.05) is 18.1 Å². The van der Waals surface area contributed by atoms with E-state index in [0.717, 1.165) is 29.9 Å². The second-order valence-corrected chi connectivity index (χ2v) is 6.24. The number of ether oxygens (including phenoxy) is 1. The van der Waals surface area contributed by atoms with Gasteiger partial charge in [-0.15, -0.1) is 10.2 Å². The van der Waals surface area contributed by atoms with Gasteiger partial charge in [0.1, 0.15) is 5.25 Å². The van der Waals surface area contributed by atoms with Crippen molar-refractivity contribution in [3.8, 4) is 0 Å². The van der Waals surface area contributed by atoms with Gasteiger partial charge in [-0.3, -0.25) is 9.36 Å². The molecule has 1 atom stereocenters. The number of anilines is 2. The fraction of sp³-hybridized carbons (Fsp3) is 0.400. The third kappa shape index (κ3) is 2.81. The van der Waals surface area contributed by atoms with Gasteiger partial charge in [-0.05, 0) is 26.0 Å². The molecule has 1 aliphatic rings. The Morgan fingerprint density at radius 3 is 2.82 bits per heavy atom. The third-order valence-electron chi connectivity index (χ3n) is 3.45. The Kier molecular flexibility index (Phi) is 4.33. The van der Waals surface area contributed by atoms with Crippen LogP contribution in [-0.4, -0.2) is 39.1 Å². The van der Waals surface area contributed by atoms with E-state index < -0.39 is 0 Å². The molecule has 7 heteroatoms. The number of para-hydroxylation sites is 1. The van der Waals surface area contributed by atoms with Gasteiger partial charge in [0.05, 0.1) is 6.61 Å². The van der Waals surface area contributed by atoms with Gasteiger partial charge in [0.2, 0.25) is 5.95 Å². The fourth-order valence-electron chi connectivity index (χ4n) is 2.38. The normalized spacial score (nSPS) is 14.7. The van der Waals surface area contributed by atoms with Crippen molar-refractivity contribution in [1.82, 2.24) is 14.8 Å². The molecule has 1 unspecified atom stereocenters. The predicted octanol–water partition coefficient (Wildman–Crippen LogP) is 2.47. The average Bonchev–Trinajstić information content (AvgIpc) is 3.11. The minimum absolute atomic E-state index is 0.220. The number of esters is 1. The van der Waals surface area contributed by atoms with Crippen molar-refractivity contribution in [3.05, 3.63) is 30.3 Å². The molecule has 0 bridgehead atoms. The standard InChI is InChI=1S/C15H18N4O2S/c1-3-21-13(20)11(2)22-15-17-16-14-18(9-10-19(14)15)12-7-5-4-6-8-12/h4-8,11H,3,9-10H2,1-2H3. The highest BCUT2D eigenvalue weighted by Crippen LogP contribution is 2.33. The van der Waals surface area contributed by atoms with E-state index in [2.05, 4.69) is 27.2 Å². The van der Waals surface area contributed by atoms with E-state index in [-0.39, 0.29) is 11.2 Å². The van der Waals surface area contributed by atoms with Crippen LogP contribution >= 0.6 is 11.8 Å². The smallest absolute Gasteiger partial charge is 0.319 e. The highest BCUT2D eigenvalue weighted by molar-refractivity contribution is 8.00. The molecule has 0 radical (unpaired) electrons. The van der Waals surface area contributed by atoms with Crippen molar-refractivity contribution < 1.29 is 9.53 Å². The lowest BCUT2D eigenvalue weighted by molar-refractivity contribution is -0.142. The zero-order valence-electron chi connectivity index (χ0n) is 12.6. The lowest BCUT2D eigenvalue weighted by atomic mass is 10.3. The minimum Gasteiger partial charge on any atom is -0.465 e. The highest BCUT2D eigenvalue weighted by atomic mass is 32.2. The summed E-state index contributed by atoms with van der Waals surface area (Å²) in [6.45, 7) is 5.70. The van der Waals surface area contributed by atoms with E-state index >= 15 is 0 Å². The molecule has 3 rings (SSSR count). The zero-order chi connectivity index (χ0) is 15.5. The number of carbonyl (C=O) groups is 1. The maximum atomic E-state index is 11.7. The molecule has 22 heavy (non-hydrogen) atoms. The van der Waals surface area contributed by atoms with E-state index in [4.69, 9.17) is 4.74 Å². The second kappa shape index (κ2) is 6.39. The Morgan fingerprint density at radius 1 is 1.32 bits per heavy atom. The quantitative estimate of drug-likeness (QED) is 0.623. The van der Waals surface area contributed by atoms with Crippen molar-refractivity contribution >= 4 is 29.4 Å². The van der Waals surface area contributed by atoms with Crippen LogP contribution in [0.4, 0.5) is 11.6 Å². The van der Waals surface area contributed by atoms with E-state index in [1.165, 1.54) is 11.8 Å². The van der Waals surface area contributed by atoms with Gasteiger partial charge in [0.25, 0.3) is 0 Å². The van der Waals surface area contributed by atoms with E-state index in [0.29, 0.717) is 6.61 Å². The first kappa shape index (κ1) is 14.9. The molecule has 0 saturated carbocycles. The van der Waals surface area contributed by atoms with Crippen LogP contribution in [0.3, 0.4) is 0 Å². The Balaban J connectivity index is 1.77. The Labute approximate surface area is 133 Å². The largest absolute Gasteiger partial charge is 0.465 e. The molecule has 2 heterocycles. The number of thioether (sulfide) groups is 1. The number of rotatable bonds is 5. The second-order valence-electron chi connectivity index (χ2n) is 4.93. The number of aromatic nitrogens is 3. The molecule has 0 fully saturated rings. The van der Waals surface area contributed by atoms with Crippen LogP contribution in [0.1, 0.15) is 13.8 Å². The lowest BCUT2D eigenvalue weighted by Crippen LogP contribution is -2.17. The van der Waals surface area contributed by atoms with Crippen LogP contribution < -0.4 is 4.90 Å². The number of fused-ring (bicyclic) bond motifs is 1. The number of nitrogens with zero attached hydrogens (tertiary/aromatic N) is 4. The minimum atomic E-state index is -0.293. The molecule has 1 aromatic carbocycles. The number of benzene rings is 1. The molecule has 116 valence electrons. The van der Waals surface area contributed by atoms with E-state index in [9.17, 15) is 4.79 Å². The summed E-state index contributed by atoms with van der Waals surface area (Å²) >= 11 is 1.39. The first-order valence-electron chi connectivity index (χ1n) is 7.29. The molecule has 0 spiro atoms. The molecular formula is C15H18N4O2S. The topological polar surface area (TPSA) is 60.2 Å². The predicted molar refractivity (Wildman–Crippen MR) is 85.4 cm³/mol. The van der Waals surface area contributed by atoms with Crippen LogP contribution in [0.2, 0.25) is 0 Å². The maximum Gasteiger partial charge on any atom is 0.319 e. The summed E-state index contributed by atoms with van der Waals surface area (Å²) in [6.07, 6.45) is 0.